The highest BCUT2D eigenvalue weighted by Gasteiger charge is 2.04. The molecule has 0 saturated heterocycles. The van der Waals surface area contributed by atoms with Crippen molar-refractivity contribution in [1.82, 2.24) is 14.5 Å². The zero-order valence-corrected chi connectivity index (χ0v) is 11.2. The SMILES string of the molecule is Cn1ccnc1CNc1ccnc2cc(Cl)ccc12. The summed E-state index contributed by atoms with van der Waals surface area (Å²) in [6.45, 7) is 0.672. The van der Waals surface area contributed by atoms with Crippen LogP contribution in [0.5, 0.6) is 0 Å². The Bertz CT molecular complexity index is 720. The zero-order valence-electron chi connectivity index (χ0n) is 10.5. The van der Waals surface area contributed by atoms with Crippen molar-refractivity contribution in [3.05, 3.63) is 53.7 Å². The van der Waals surface area contributed by atoms with Crippen molar-refractivity contribution >= 4 is 28.2 Å². The van der Waals surface area contributed by atoms with Gasteiger partial charge in [0, 0.05) is 41.7 Å². The highest BCUT2D eigenvalue weighted by molar-refractivity contribution is 6.31. The van der Waals surface area contributed by atoms with Crippen LogP contribution in [0.3, 0.4) is 0 Å². The molecule has 0 unspecified atom stereocenters. The standard InChI is InChI=1S/C14H13ClN4/c1-19-7-6-17-14(19)9-18-12-4-5-16-13-8-10(15)2-3-11(12)13/h2-8H,9H2,1H3,(H,16,18). The summed E-state index contributed by atoms with van der Waals surface area (Å²) in [6.07, 6.45) is 5.50. The first kappa shape index (κ1) is 12.0. The lowest BCUT2D eigenvalue weighted by Crippen LogP contribution is -2.06. The van der Waals surface area contributed by atoms with E-state index in [1.807, 2.05) is 42.1 Å². The lowest BCUT2D eigenvalue weighted by molar-refractivity contribution is 0.813. The van der Waals surface area contributed by atoms with Gasteiger partial charge in [0.1, 0.15) is 5.82 Å². The van der Waals surface area contributed by atoms with Crippen LogP contribution in [0.1, 0.15) is 5.82 Å². The number of halogens is 1. The molecule has 0 aliphatic carbocycles. The van der Waals surface area contributed by atoms with Gasteiger partial charge in [0.05, 0.1) is 12.1 Å². The molecule has 2 aromatic heterocycles. The van der Waals surface area contributed by atoms with Gasteiger partial charge in [-0.1, -0.05) is 11.6 Å². The summed E-state index contributed by atoms with van der Waals surface area (Å²) in [4.78, 5) is 8.61. The Kier molecular flexibility index (Phi) is 3.09. The second-order valence-electron chi connectivity index (χ2n) is 4.33. The summed E-state index contributed by atoms with van der Waals surface area (Å²) in [5.74, 6) is 0.985. The van der Waals surface area contributed by atoms with E-state index in [4.69, 9.17) is 11.6 Å². The van der Waals surface area contributed by atoms with Crippen molar-refractivity contribution in [3.63, 3.8) is 0 Å². The minimum Gasteiger partial charge on any atom is -0.377 e. The molecule has 0 atom stereocenters. The van der Waals surface area contributed by atoms with Gasteiger partial charge in [-0.3, -0.25) is 4.98 Å². The predicted octanol–water partition coefficient (Wildman–Crippen LogP) is 3.23. The number of fused-ring (bicyclic) bond motifs is 1. The topological polar surface area (TPSA) is 42.7 Å². The van der Waals surface area contributed by atoms with Gasteiger partial charge >= 0.3 is 0 Å². The van der Waals surface area contributed by atoms with Crippen molar-refractivity contribution < 1.29 is 0 Å². The van der Waals surface area contributed by atoms with Crippen LogP contribution in [-0.2, 0) is 13.6 Å². The Morgan fingerprint density at radius 1 is 1.21 bits per heavy atom. The van der Waals surface area contributed by atoms with E-state index in [-0.39, 0.29) is 0 Å². The number of benzene rings is 1. The Labute approximate surface area is 116 Å². The molecule has 1 N–H and O–H groups in total. The summed E-state index contributed by atoms with van der Waals surface area (Å²) in [5, 5.41) is 5.14. The van der Waals surface area contributed by atoms with Gasteiger partial charge < -0.3 is 9.88 Å². The highest BCUT2D eigenvalue weighted by Crippen LogP contribution is 2.24. The maximum Gasteiger partial charge on any atom is 0.127 e. The molecule has 0 amide bonds. The number of rotatable bonds is 3. The number of aryl methyl sites for hydroxylation is 1. The molecule has 1 aromatic carbocycles. The number of anilines is 1. The van der Waals surface area contributed by atoms with Gasteiger partial charge in [-0.25, -0.2) is 4.98 Å². The van der Waals surface area contributed by atoms with Crippen LogP contribution in [0.4, 0.5) is 5.69 Å². The molecule has 0 fully saturated rings. The average Bonchev–Trinajstić information content (AvgIpc) is 2.81. The molecule has 0 bridgehead atoms. The van der Waals surface area contributed by atoms with Gasteiger partial charge in [-0.05, 0) is 24.3 Å². The van der Waals surface area contributed by atoms with Crippen LogP contribution in [0.25, 0.3) is 10.9 Å². The third-order valence-electron chi connectivity index (χ3n) is 3.06. The van der Waals surface area contributed by atoms with E-state index in [1.165, 1.54) is 0 Å². The molecule has 3 aromatic rings. The Hall–Kier alpha value is -2.07. The third-order valence-corrected chi connectivity index (χ3v) is 3.30. The van der Waals surface area contributed by atoms with Gasteiger partial charge in [-0.2, -0.15) is 0 Å². The summed E-state index contributed by atoms with van der Waals surface area (Å²) in [7, 11) is 1.98. The van der Waals surface area contributed by atoms with Crippen LogP contribution < -0.4 is 5.32 Å². The molecule has 0 radical (unpaired) electrons. The van der Waals surface area contributed by atoms with Gasteiger partial charge in [0.25, 0.3) is 0 Å². The van der Waals surface area contributed by atoms with Crippen molar-refractivity contribution in [2.75, 3.05) is 5.32 Å². The molecule has 5 heteroatoms. The molecule has 4 nitrogen and oxygen atoms in total. The van der Waals surface area contributed by atoms with Gasteiger partial charge in [-0.15, -0.1) is 0 Å². The molecule has 0 aliphatic heterocycles. The van der Waals surface area contributed by atoms with Crippen LogP contribution in [-0.4, -0.2) is 14.5 Å². The maximum absolute atomic E-state index is 5.98. The van der Waals surface area contributed by atoms with Crippen LogP contribution in [0.15, 0.2) is 42.9 Å². The zero-order chi connectivity index (χ0) is 13.2. The van der Waals surface area contributed by atoms with Crippen LogP contribution in [0.2, 0.25) is 5.02 Å². The molecular formula is C14H13ClN4. The van der Waals surface area contributed by atoms with E-state index in [1.54, 1.807) is 12.4 Å². The van der Waals surface area contributed by atoms with E-state index in [0.29, 0.717) is 11.6 Å². The largest absolute Gasteiger partial charge is 0.377 e. The summed E-state index contributed by atoms with van der Waals surface area (Å²) < 4.78 is 1.99. The molecular weight excluding hydrogens is 260 g/mol. The predicted molar refractivity (Wildman–Crippen MR) is 77.3 cm³/mol. The monoisotopic (exact) mass is 272 g/mol. The highest BCUT2D eigenvalue weighted by atomic mass is 35.5. The molecule has 19 heavy (non-hydrogen) atoms. The van der Waals surface area contributed by atoms with E-state index in [9.17, 15) is 0 Å². The van der Waals surface area contributed by atoms with Crippen molar-refractivity contribution in [3.8, 4) is 0 Å². The molecule has 3 rings (SSSR count). The number of aromatic nitrogens is 3. The first-order valence-corrected chi connectivity index (χ1v) is 6.36. The minimum atomic E-state index is 0.672. The number of nitrogens with zero attached hydrogens (tertiary/aromatic N) is 3. The fraction of sp³-hybridized carbons (Fsp3) is 0.143. The number of hydrogen-bond acceptors (Lipinski definition) is 3. The number of imidazole rings is 1. The van der Waals surface area contributed by atoms with Gasteiger partial charge in [0.15, 0.2) is 0 Å². The molecule has 2 heterocycles. The van der Waals surface area contributed by atoms with Crippen molar-refractivity contribution in [2.45, 2.75) is 6.54 Å². The fourth-order valence-electron chi connectivity index (χ4n) is 2.02. The van der Waals surface area contributed by atoms with Crippen molar-refractivity contribution in [1.29, 1.82) is 0 Å². The average molecular weight is 273 g/mol. The smallest absolute Gasteiger partial charge is 0.127 e. The van der Waals surface area contributed by atoms with Crippen LogP contribution >= 0.6 is 11.6 Å². The first-order chi connectivity index (χ1) is 9.24. The lowest BCUT2D eigenvalue weighted by atomic mass is 10.2. The Morgan fingerprint density at radius 2 is 2.11 bits per heavy atom. The van der Waals surface area contributed by atoms with Crippen LogP contribution in [0, 0.1) is 0 Å². The molecule has 0 aliphatic rings. The van der Waals surface area contributed by atoms with E-state index in [0.717, 1.165) is 22.4 Å². The van der Waals surface area contributed by atoms with Gasteiger partial charge in [0.2, 0.25) is 0 Å². The lowest BCUT2D eigenvalue weighted by Gasteiger charge is -2.09. The molecule has 0 saturated carbocycles. The van der Waals surface area contributed by atoms with E-state index in [2.05, 4.69) is 15.3 Å². The molecule has 0 spiro atoms. The maximum atomic E-state index is 5.98. The fourth-order valence-corrected chi connectivity index (χ4v) is 2.18. The van der Waals surface area contributed by atoms with Crippen molar-refractivity contribution in [2.24, 2.45) is 7.05 Å². The van der Waals surface area contributed by atoms with E-state index < -0.39 is 0 Å². The normalized spacial score (nSPS) is 10.8. The summed E-state index contributed by atoms with van der Waals surface area (Å²) in [6, 6.07) is 7.67. The quantitative estimate of drug-likeness (QED) is 0.796. The number of pyridine rings is 1. The second kappa shape index (κ2) is 4.90. The third kappa shape index (κ3) is 2.39. The number of hydrogen-bond donors (Lipinski definition) is 1. The Balaban J connectivity index is 1.91. The van der Waals surface area contributed by atoms with E-state index >= 15 is 0 Å². The summed E-state index contributed by atoms with van der Waals surface area (Å²) >= 11 is 5.98. The minimum absolute atomic E-state index is 0.672. The number of nitrogens with one attached hydrogen (secondary N) is 1. The second-order valence-corrected chi connectivity index (χ2v) is 4.76. The summed E-state index contributed by atoms with van der Waals surface area (Å²) in [5.41, 5.74) is 1.92. The Morgan fingerprint density at radius 3 is 2.89 bits per heavy atom. The first-order valence-electron chi connectivity index (χ1n) is 5.98. The molecule has 96 valence electrons.